The van der Waals surface area contributed by atoms with Crippen LogP contribution in [0.25, 0.3) is 0 Å². The van der Waals surface area contributed by atoms with Gasteiger partial charge in [-0.25, -0.2) is 4.98 Å². The van der Waals surface area contributed by atoms with Crippen LogP contribution in [0.3, 0.4) is 0 Å². The average Bonchev–Trinajstić information content (AvgIpc) is 2.69. The molecule has 1 aliphatic heterocycles. The van der Waals surface area contributed by atoms with Gasteiger partial charge in [0.15, 0.2) is 0 Å². The number of hydrogen-bond donors (Lipinski definition) is 2. The van der Waals surface area contributed by atoms with Crippen molar-refractivity contribution in [3.05, 3.63) is 46.6 Å². The monoisotopic (exact) mass is 438 g/mol. The van der Waals surface area contributed by atoms with Gasteiger partial charge in [-0.05, 0) is 43.2 Å². The molecule has 2 aromatic rings. The highest BCUT2D eigenvalue weighted by molar-refractivity contribution is 8.00. The third kappa shape index (κ3) is 5.53. The quantitative estimate of drug-likeness (QED) is 0.669. The molecular formula is C19H20Cl2N4O2S. The lowest BCUT2D eigenvalue weighted by atomic mass is 9.97. The molecule has 1 aromatic heterocycles. The van der Waals surface area contributed by atoms with Gasteiger partial charge in [-0.3, -0.25) is 9.59 Å². The number of primary amides is 1. The van der Waals surface area contributed by atoms with Crippen molar-refractivity contribution in [1.82, 2.24) is 4.98 Å². The van der Waals surface area contributed by atoms with Gasteiger partial charge < -0.3 is 16.0 Å². The number of piperidine rings is 1. The SMILES string of the molecule is NC(=O)C1CCCN(c2ccc(NC(=O)CSc3cc(Cl)ccc3Cl)cn2)C1. The molecule has 9 heteroatoms. The van der Waals surface area contributed by atoms with E-state index in [1.807, 2.05) is 11.0 Å². The number of benzene rings is 1. The van der Waals surface area contributed by atoms with E-state index in [9.17, 15) is 9.59 Å². The van der Waals surface area contributed by atoms with Gasteiger partial charge in [-0.15, -0.1) is 11.8 Å². The number of nitrogens with one attached hydrogen (secondary N) is 1. The molecule has 2 amide bonds. The van der Waals surface area contributed by atoms with E-state index in [-0.39, 0.29) is 23.5 Å². The van der Waals surface area contributed by atoms with E-state index in [4.69, 9.17) is 28.9 Å². The fraction of sp³-hybridized carbons (Fsp3) is 0.316. The molecule has 28 heavy (non-hydrogen) atoms. The van der Waals surface area contributed by atoms with Crippen molar-refractivity contribution in [2.75, 3.05) is 29.1 Å². The molecule has 1 atom stereocenters. The maximum absolute atomic E-state index is 12.2. The Morgan fingerprint density at radius 2 is 2.11 bits per heavy atom. The first-order chi connectivity index (χ1) is 13.4. The van der Waals surface area contributed by atoms with Crippen LogP contribution in [0.15, 0.2) is 41.4 Å². The zero-order valence-electron chi connectivity index (χ0n) is 15.0. The van der Waals surface area contributed by atoms with E-state index in [1.54, 1.807) is 30.5 Å². The number of nitrogens with two attached hydrogens (primary N) is 1. The van der Waals surface area contributed by atoms with Crippen LogP contribution in [0, 0.1) is 5.92 Å². The summed E-state index contributed by atoms with van der Waals surface area (Å²) in [4.78, 5) is 30.8. The summed E-state index contributed by atoms with van der Waals surface area (Å²) in [5.41, 5.74) is 6.03. The number of rotatable bonds is 6. The van der Waals surface area contributed by atoms with Crippen LogP contribution in [0.5, 0.6) is 0 Å². The number of halogens is 2. The highest BCUT2D eigenvalue weighted by atomic mass is 35.5. The van der Waals surface area contributed by atoms with Crippen LogP contribution >= 0.6 is 35.0 Å². The molecule has 148 valence electrons. The van der Waals surface area contributed by atoms with E-state index in [0.29, 0.717) is 22.3 Å². The molecule has 2 heterocycles. The fourth-order valence-electron chi connectivity index (χ4n) is 2.99. The van der Waals surface area contributed by atoms with E-state index >= 15 is 0 Å². The number of pyridine rings is 1. The normalized spacial score (nSPS) is 16.6. The standard InChI is InChI=1S/C19H20Cl2N4O2S/c20-13-3-5-15(21)16(8-13)28-11-18(26)24-14-4-6-17(23-9-14)25-7-1-2-12(10-25)19(22)27/h3-6,8-9,12H,1-2,7,10-11H2,(H2,22,27)(H,24,26). The minimum absolute atomic E-state index is 0.148. The largest absolute Gasteiger partial charge is 0.369 e. The topological polar surface area (TPSA) is 88.3 Å². The van der Waals surface area contributed by atoms with Gasteiger partial charge in [0.2, 0.25) is 11.8 Å². The van der Waals surface area contributed by atoms with Crippen LogP contribution in [0.2, 0.25) is 10.0 Å². The molecule has 0 spiro atoms. The summed E-state index contributed by atoms with van der Waals surface area (Å²) in [5, 5.41) is 3.94. The maximum Gasteiger partial charge on any atom is 0.234 e. The Kier molecular flexibility index (Phi) is 7.04. The molecule has 1 unspecified atom stereocenters. The summed E-state index contributed by atoms with van der Waals surface area (Å²) in [6.45, 7) is 1.41. The molecule has 6 nitrogen and oxygen atoms in total. The van der Waals surface area contributed by atoms with Gasteiger partial charge in [0, 0.05) is 23.0 Å². The summed E-state index contributed by atoms with van der Waals surface area (Å²) < 4.78 is 0. The van der Waals surface area contributed by atoms with E-state index < -0.39 is 0 Å². The lowest BCUT2D eigenvalue weighted by molar-refractivity contribution is -0.122. The van der Waals surface area contributed by atoms with Gasteiger partial charge in [0.1, 0.15) is 5.82 Å². The van der Waals surface area contributed by atoms with Crippen LogP contribution in [-0.2, 0) is 9.59 Å². The van der Waals surface area contributed by atoms with Crippen molar-refractivity contribution in [3.63, 3.8) is 0 Å². The highest BCUT2D eigenvalue weighted by Crippen LogP contribution is 2.30. The molecule has 3 N–H and O–H groups in total. The van der Waals surface area contributed by atoms with Crippen LogP contribution in [0.4, 0.5) is 11.5 Å². The smallest absolute Gasteiger partial charge is 0.234 e. The summed E-state index contributed by atoms with van der Waals surface area (Å²) in [6, 6.07) is 8.77. The molecule has 0 saturated carbocycles. The Bertz CT molecular complexity index is 864. The fourth-order valence-corrected chi connectivity index (χ4v) is 4.29. The Morgan fingerprint density at radius 1 is 1.29 bits per heavy atom. The van der Waals surface area contributed by atoms with Gasteiger partial charge >= 0.3 is 0 Å². The molecule has 1 saturated heterocycles. The number of aromatic nitrogens is 1. The highest BCUT2D eigenvalue weighted by Gasteiger charge is 2.24. The second-order valence-corrected chi connectivity index (χ2v) is 8.37. The zero-order valence-corrected chi connectivity index (χ0v) is 17.4. The maximum atomic E-state index is 12.2. The summed E-state index contributed by atoms with van der Waals surface area (Å²) >= 11 is 13.4. The lowest BCUT2D eigenvalue weighted by Crippen LogP contribution is -2.41. The van der Waals surface area contributed by atoms with Crippen LogP contribution in [-0.4, -0.2) is 35.6 Å². The molecule has 0 bridgehead atoms. The molecule has 0 radical (unpaired) electrons. The van der Waals surface area contributed by atoms with Gasteiger partial charge in [-0.2, -0.15) is 0 Å². The van der Waals surface area contributed by atoms with Crippen LogP contribution < -0.4 is 16.0 Å². The third-order valence-corrected chi connectivity index (χ3v) is 6.16. The molecule has 3 rings (SSSR count). The van der Waals surface area contributed by atoms with Gasteiger partial charge in [-0.1, -0.05) is 23.2 Å². The van der Waals surface area contributed by atoms with Gasteiger partial charge in [0.25, 0.3) is 0 Å². The van der Waals surface area contributed by atoms with E-state index in [1.165, 1.54) is 11.8 Å². The second-order valence-electron chi connectivity index (χ2n) is 6.50. The predicted octanol–water partition coefficient (Wildman–Crippen LogP) is 3.82. The number of nitrogens with zero attached hydrogens (tertiary/aromatic N) is 2. The van der Waals surface area contributed by atoms with Crippen molar-refractivity contribution in [1.29, 1.82) is 0 Å². The molecule has 1 fully saturated rings. The lowest BCUT2D eigenvalue weighted by Gasteiger charge is -2.32. The minimum atomic E-state index is -0.272. The Morgan fingerprint density at radius 3 is 2.82 bits per heavy atom. The minimum Gasteiger partial charge on any atom is -0.369 e. The Balaban J connectivity index is 1.54. The summed E-state index contributed by atoms with van der Waals surface area (Å²) in [7, 11) is 0. The first kappa shape index (κ1) is 20.8. The van der Waals surface area contributed by atoms with Crippen LogP contribution in [0.1, 0.15) is 12.8 Å². The van der Waals surface area contributed by atoms with E-state index in [0.717, 1.165) is 30.1 Å². The number of hydrogen-bond acceptors (Lipinski definition) is 5. The summed E-state index contributed by atoms with van der Waals surface area (Å²) in [5.74, 6) is 0.386. The van der Waals surface area contributed by atoms with Crippen molar-refractivity contribution in [2.24, 2.45) is 11.7 Å². The number of thioether (sulfide) groups is 1. The van der Waals surface area contributed by atoms with Crippen molar-refractivity contribution in [2.45, 2.75) is 17.7 Å². The zero-order chi connectivity index (χ0) is 20.1. The number of anilines is 2. The Hall–Kier alpha value is -1.96. The molecule has 1 aliphatic rings. The number of carbonyl (C=O) groups is 2. The number of carbonyl (C=O) groups excluding carboxylic acids is 2. The van der Waals surface area contributed by atoms with Crippen molar-refractivity contribution in [3.8, 4) is 0 Å². The predicted molar refractivity (Wildman–Crippen MR) is 114 cm³/mol. The Labute approximate surface area is 177 Å². The average molecular weight is 439 g/mol. The molecular weight excluding hydrogens is 419 g/mol. The first-order valence-corrected chi connectivity index (χ1v) is 10.5. The third-order valence-electron chi connectivity index (χ3n) is 4.43. The van der Waals surface area contributed by atoms with Crippen molar-refractivity contribution < 1.29 is 9.59 Å². The summed E-state index contributed by atoms with van der Waals surface area (Å²) in [6.07, 6.45) is 3.32. The second kappa shape index (κ2) is 9.49. The first-order valence-electron chi connectivity index (χ1n) is 8.80. The van der Waals surface area contributed by atoms with Gasteiger partial charge in [0.05, 0.1) is 28.6 Å². The van der Waals surface area contributed by atoms with Crippen molar-refractivity contribution >= 4 is 58.3 Å². The number of amides is 2. The van der Waals surface area contributed by atoms with E-state index in [2.05, 4.69) is 10.3 Å². The molecule has 0 aliphatic carbocycles. The molecule has 1 aromatic carbocycles.